The molecular weight excluding hydrogens is 322 g/mol. The smallest absolute Gasteiger partial charge is 0.270 e. The highest BCUT2D eigenvalue weighted by Gasteiger charge is 2.08. The fraction of sp³-hybridized carbons (Fsp3) is 0.364. The van der Waals surface area contributed by atoms with Crippen molar-refractivity contribution >= 4 is 11.6 Å². The van der Waals surface area contributed by atoms with Crippen LogP contribution >= 0.6 is 0 Å². The summed E-state index contributed by atoms with van der Waals surface area (Å²) >= 11 is 0. The number of aryl methyl sites for hydroxylation is 1. The predicted octanol–water partition coefficient (Wildman–Crippen LogP) is 4.62. The number of nitrogens with one attached hydrogen (secondary N) is 2. The highest BCUT2D eigenvalue weighted by Crippen LogP contribution is 2.20. The summed E-state index contributed by atoms with van der Waals surface area (Å²) in [6.07, 6.45) is 10.2. The molecule has 1 aliphatic rings. The molecule has 0 fully saturated rings. The lowest BCUT2D eigenvalue weighted by atomic mass is 9.97. The second-order valence-electron chi connectivity index (χ2n) is 6.89. The molecule has 2 aromatic rings. The number of nitrogens with zero attached hydrogens (tertiary/aromatic N) is 1. The van der Waals surface area contributed by atoms with Gasteiger partial charge in [0.1, 0.15) is 5.69 Å². The minimum Gasteiger partial charge on any atom is -0.385 e. The van der Waals surface area contributed by atoms with E-state index >= 15 is 0 Å². The molecule has 0 spiro atoms. The minimum absolute atomic E-state index is 0.148. The van der Waals surface area contributed by atoms with Crippen LogP contribution in [0.25, 0.3) is 0 Å². The zero-order valence-corrected chi connectivity index (χ0v) is 15.4. The third kappa shape index (κ3) is 5.45. The molecule has 0 aliphatic heterocycles. The summed E-state index contributed by atoms with van der Waals surface area (Å²) in [7, 11) is 0. The number of hydrogen-bond donors (Lipinski definition) is 2. The van der Waals surface area contributed by atoms with Gasteiger partial charge in [0.15, 0.2) is 0 Å². The Balaban J connectivity index is 1.51. The van der Waals surface area contributed by atoms with Gasteiger partial charge in [-0.05, 0) is 56.7 Å². The van der Waals surface area contributed by atoms with E-state index in [0.29, 0.717) is 12.2 Å². The first kappa shape index (κ1) is 18.2. The van der Waals surface area contributed by atoms with Crippen LogP contribution in [0.15, 0.2) is 54.2 Å². The summed E-state index contributed by atoms with van der Waals surface area (Å²) in [5.41, 5.74) is 5.22. The molecule has 2 N–H and O–H groups in total. The van der Waals surface area contributed by atoms with Gasteiger partial charge in [0.05, 0.1) is 0 Å². The number of anilines is 1. The Kier molecular flexibility index (Phi) is 6.42. The SMILES string of the molecule is Cc1cccc(CNC(=O)c2cc(NCCC3=CCCCC3)ccn2)c1. The largest absolute Gasteiger partial charge is 0.385 e. The van der Waals surface area contributed by atoms with E-state index < -0.39 is 0 Å². The number of pyridine rings is 1. The molecule has 1 aliphatic carbocycles. The van der Waals surface area contributed by atoms with E-state index in [9.17, 15) is 4.79 Å². The van der Waals surface area contributed by atoms with Crippen molar-refractivity contribution in [3.05, 3.63) is 71.1 Å². The molecule has 0 atom stereocenters. The van der Waals surface area contributed by atoms with Gasteiger partial charge in [-0.1, -0.05) is 41.5 Å². The van der Waals surface area contributed by atoms with E-state index in [-0.39, 0.29) is 5.91 Å². The van der Waals surface area contributed by atoms with Crippen molar-refractivity contribution in [2.45, 2.75) is 45.6 Å². The second kappa shape index (κ2) is 9.18. The summed E-state index contributed by atoms with van der Waals surface area (Å²) < 4.78 is 0. The highest BCUT2D eigenvalue weighted by atomic mass is 16.1. The van der Waals surface area contributed by atoms with Crippen molar-refractivity contribution in [1.82, 2.24) is 10.3 Å². The Labute approximate surface area is 155 Å². The van der Waals surface area contributed by atoms with E-state index in [2.05, 4.69) is 27.8 Å². The number of hydrogen-bond acceptors (Lipinski definition) is 3. The van der Waals surface area contributed by atoms with Gasteiger partial charge in [0.25, 0.3) is 5.91 Å². The van der Waals surface area contributed by atoms with Gasteiger partial charge >= 0.3 is 0 Å². The molecule has 0 radical (unpaired) electrons. The van der Waals surface area contributed by atoms with Crippen LogP contribution in [0, 0.1) is 6.92 Å². The molecule has 4 heteroatoms. The third-order valence-corrected chi connectivity index (χ3v) is 4.69. The third-order valence-electron chi connectivity index (χ3n) is 4.69. The monoisotopic (exact) mass is 349 g/mol. The van der Waals surface area contributed by atoms with Gasteiger partial charge in [-0.3, -0.25) is 9.78 Å². The number of carbonyl (C=O) groups is 1. The molecule has 4 nitrogen and oxygen atoms in total. The van der Waals surface area contributed by atoms with Crippen LogP contribution in [0.1, 0.15) is 53.7 Å². The van der Waals surface area contributed by atoms with Crippen LogP contribution < -0.4 is 10.6 Å². The van der Waals surface area contributed by atoms with E-state index in [1.807, 2.05) is 37.3 Å². The van der Waals surface area contributed by atoms with Crippen molar-refractivity contribution in [2.24, 2.45) is 0 Å². The van der Waals surface area contributed by atoms with Crippen LogP contribution in [0.4, 0.5) is 5.69 Å². The summed E-state index contributed by atoms with van der Waals surface area (Å²) in [6, 6.07) is 11.9. The van der Waals surface area contributed by atoms with Gasteiger partial charge < -0.3 is 10.6 Å². The van der Waals surface area contributed by atoms with Gasteiger partial charge in [-0.2, -0.15) is 0 Å². The number of benzene rings is 1. The average molecular weight is 349 g/mol. The highest BCUT2D eigenvalue weighted by molar-refractivity contribution is 5.93. The molecule has 1 aromatic carbocycles. The standard InChI is InChI=1S/C22H27N3O/c1-17-6-5-9-19(14-17)16-25-22(26)21-15-20(11-13-24-21)23-12-10-18-7-3-2-4-8-18/h5-7,9,11,13-15H,2-4,8,10,12,16H2,1H3,(H,23,24)(H,25,26). The molecule has 1 heterocycles. The first-order chi connectivity index (χ1) is 12.7. The minimum atomic E-state index is -0.148. The second-order valence-corrected chi connectivity index (χ2v) is 6.89. The zero-order valence-electron chi connectivity index (χ0n) is 15.4. The molecule has 1 aromatic heterocycles. The van der Waals surface area contributed by atoms with E-state index in [0.717, 1.165) is 24.2 Å². The first-order valence-corrected chi connectivity index (χ1v) is 9.42. The summed E-state index contributed by atoms with van der Waals surface area (Å²) in [5, 5.41) is 6.35. The lowest BCUT2D eigenvalue weighted by molar-refractivity contribution is 0.0946. The van der Waals surface area contributed by atoms with Crippen molar-refractivity contribution in [3.8, 4) is 0 Å². The number of aromatic nitrogens is 1. The van der Waals surface area contributed by atoms with Crippen LogP contribution in [-0.4, -0.2) is 17.4 Å². The van der Waals surface area contributed by atoms with E-state index in [1.165, 1.54) is 31.2 Å². The van der Waals surface area contributed by atoms with Gasteiger partial charge in [0.2, 0.25) is 0 Å². The number of carbonyl (C=O) groups excluding carboxylic acids is 1. The quantitative estimate of drug-likeness (QED) is 0.717. The van der Waals surface area contributed by atoms with E-state index in [4.69, 9.17) is 0 Å². The van der Waals surface area contributed by atoms with Crippen LogP contribution in [0.5, 0.6) is 0 Å². The Morgan fingerprint density at radius 2 is 2.12 bits per heavy atom. The van der Waals surface area contributed by atoms with Crippen LogP contribution in [-0.2, 0) is 6.54 Å². The number of allylic oxidation sites excluding steroid dienone is 1. The van der Waals surface area contributed by atoms with Crippen molar-refractivity contribution in [2.75, 3.05) is 11.9 Å². The van der Waals surface area contributed by atoms with Gasteiger partial charge in [-0.15, -0.1) is 0 Å². The molecule has 136 valence electrons. The maximum atomic E-state index is 12.4. The first-order valence-electron chi connectivity index (χ1n) is 9.42. The van der Waals surface area contributed by atoms with Crippen LogP contribution in [0.2, 0.25) is 0 Å². The van der Waals surface area contributed by atoms with Crippen molar-refractivity contribution in [3.63, 3.8) is 0 Å². The molecule has 0 unspecified atom stereocenters. The Hall–Kier alpha value is -2.62. The molecule has 1 amide bonds. The normalized spacial score (nSPS) is 13.8. The average Bonchev–Trinajstić information content (AvgIpc) is 2.67. The van der Waals surface area contributed by atoms with Gasteiger partial charge in [0, 0.05) is 25.0 Å². The zero-order chi connectivity index (χ0) is 18.2. The Morgan fingerprint density at radius 1 is 1.19 bits per heavy atom. The summed E-state index contributed by atoms with van der Waals surface area (Å²) in [6.45, 7) is 3.44. The molecule has 0 saturated carbocycles. The van der Waals surface area contributed by atoms with Crippen molar-refractivity contribution in [1.29, 1.82) is 0 Å². The maximum Gasteiger partial charge on any atom is 0.270 e. The molecule has 0 bridgehead atoms. The maximum absolute atomic E-state index is 12.4. The Morgan fingerprint density at radius 3 is 2.92 bits per heavy atom. The summed E-state index contributed by atoms with van der Waals surface area (Å²) in [4.78, 5) is 16.6. The summed E-state index contributed by atoms with van der Waals surface area (Å²) in [5.74, 6) is -0.148. The topological polar surface area (TPSA) is 54.0 Å². The predicted molar refractivity (Wildman–Crippen MR) is 106 cm³/mol. The number of amides is 1. The van der Waals surface area contributed by atoms with Crippen LogP contribution in [0.3, 0.4) is 0 Å². The lowest BCUT2D eigenvalue weighted by Gasteiger charge is -2.13. The molecule has 0 saturated heterocycles. The molecule has 3 rings (SSSR count). The molecular formula is C22H27N3O. The molecule has 26 heavy (non-hydrogen) atoms. The Bertz CT molecular complexity index is 782. The van der Waals surface area contributed by atoms with Crippen molar-refractivity contribution < 1.29 is 4.79 Å². The lowest BCUT2D eigenvalue weighted by Crippen LogP contribution is -2.24. The van der Waals surface area contributed by atoms with Gasteiger partial charge in [-0.25, -0.2) is 0 Å². The fourth-order valence-corrected chi connectivity index (χ4v) is 3.26. The fourth-order valence-electron chi connectivity index (χ4n) is 3.26. The van der Waals surface area contributed by atoms with E-state index in [1.54, 1.807) is 11.8 Å². The number of rotatable bonds is 7.